The lowest BCUT2D eigenvalue weighted by Crippen LogP contribution is -2.50. The number of hydrogen-bond donors (Lipinski definition) is 0. The molecule has 5 rings (SSSR count). The van der Waals surface area contributed by atoms with Gasteiger partial charge in [-0.1, -0.05) is 61.9 Å². The maximum absolute atomic E-state index is 14.2. The fraction of sp³-hybridized carbons (Fsp3) is 0.303. The minimum Gasteiger partial charge on any atom is -0.465 e. The predicted molar refractivity (Wildman–Crippen MR) is 157 cm³/mol. The van der Waals surface area contributed by atoms with Crippen LogP contribution >= 0.6 is 0 Å². The molecular weight excluding hydrogens is 518 g/mol. The molecule has 0 spiro atoms. The van der Waals surface area contributed by atoms with Crippen LogP contribution < -0.4 is 0 Å². The zero-order chi connectivity index (χ0) is 28.8. The first-order valence-electron chi connectivity index (χ1n) is 14.0. The largest absolute Gasteiger partial charge is 0.465 e. The average Bonchev–Trinajstić information content (AvgIpc) is 3.46. The van der Waals surface area contributed by atoms with Gasteiger partial charge in [-0.3, -0.25) is 14.3 Å². The van der Waals surface area contributed by atoms with Gasteiger partial charge in [0, 0.05) is 43.3 Å². The Morgan fingerprint density at radius 2 is 1.68 bits per heavy atom. The number of carbonyl (C=O) groups excluding carboxylic acids is 3. The van der Waals surface area contributed by atoms with Gasteiger partial charge in [-0.05, 0) is 47.9 Å². The summed E-state index contributed by atoms with van der Waals surface area (Å²) in [7, 11) is 1.36. The SMILES string of the molecule is CCCCOC(=O)n1ccc2c(C(=O)N3CCN(Cc4ccccc4)CC3c3ccc(C(=O)OC)cc3)cccc21. The Labute approximate surface area is 240 Å². The molecule has 1 aliphatic rings. The van der Waals surface area contributed by atoms with Gasteiger partial charge in [0.15, 0.2) is 0 Å². The van der Waals surface area contributed by atoms with Crippen LogP contribution in [0.15, 0.2) is 85.1 Å². The van der Waals surface area contributed by atoms with Crippen molar-refractivity contribution < 1.29 is 23.9 Å². The summed E-state index contributed by atoms with van der Waals surface area (Å²) in [6, 6.07) is 24.6. The Morgan fingerprint density at radius 1 is 0.902 bits per heavy atom. The lowest BCUT2D eigenvalue weighted by atomic mass is 9.98. The normalized spacial score (nSPS) is 15.6. The third-order valence-corrected chi connectivity index (χ3v) is 7.57. The van der Waals surface area contributed by atoms with Crippen molar-refractivity contribution in [3.63, 3.8) is 0 Å². The van der Waals surface area contributed by atoms with Crippen molar-refractivity contribution in [2.75, 3.05) is 33.4 Å². The van der Waals surface area contributed by atoms with Crippen molar-refractivity contribution in [3.05, 3.63) is 107 Å². The van der Waals surface area contributed by atoms with Crippen LogP contribution in [-0.4, -0.2) is 65.7 Å². The van der Waals surface area contributed by atoms with Gasteiger partial charge in [0.25, 0.3) is 5.91 Å². The van der Waals surface area contributed by atoms with E-state index in [9.17, 15) is 14.4 Å². The highest BCUT2D eigenvalue weighted by Gasteiger charge is 2.33. The van der Waals surface area contributed by atoms with Crippen LogP contribution in [0.1, 0.15) is 57.7 Å². The second-order valence-electron chi connectivity index (χ2n) is 10.2. The van der Waals surface area contributed by atoms with Crippen molar-refractivity contribution in [1.82, 2.24) is 14.4 Å². The van der Waals surface area contributed by atoms with Gasteiger partial charge >= 0.3 is 12.1 Å². The number of esters is 1. The van der Waals surface area contributed by atoms with Crippen molar-refractivity contribution in [2.45, 2.75) is 32.4 Å². The molecule has 1 fully saturated rings. The van der Waals surface area contributed by atoms with Crippen LogP contribution in [0, 0.1) is 0 Å². The van der Waals surface area contributed by atoms with Gasteiger partial charge in [0.2, 0.25) is 0 Å². The summed E-state index contributed by atoms with van der Waals surface area (Å²) >= 11 is 0. The van der Waals surface area contributed by atoms with E-state index in [2.05, 4.69) is 17.0 Å². The number of ether oxygens (including phenoxy) is 2. The first-order chi connectivity index (χ1) is 20.0. The van der Waals surface area contributed by atoms with Crippen LogP contribution in [0.5, 0.6) is 0 Å². The smallest absolute Gasteiger partial charge is 0.418 e. The molecule has 0 saturated carbocycles. The molecule has 1 atom stereocenters. The predicted octanol–water partition coefficient (Wildman–Crippen LogP) is 5.91. The Bertz CT molecular complexity index is 1510. The Balaban J connectivity index is 1.44. The average molecular weight is 554 g/mol. The molecule has 0 aliphatic carbocycles. The van der Waals surface area contributed by atoms with Crippen molar-refractivity contribution in [3.8, 4) is 0 Å². The molecular formula is C33H35N3O5. The Morgan fingerprint density at radius 3 is 2.41 bits per heavy atom. The van der Waals surface area contributed by atoms with E-state index in [-0.39, 0.29) is 11.9 Å². The second-order valence-corrected chi connectivity index (χ2v) is 10.2. The summed E-state index contributed by atoms with van der Waals surface area (Å²) in [6.45, 7) is 5.07. The van der Waals surface area contributed by atoms with Gasteiger partial charge in [0.05, 0.1) is 30.8 Å². The zero-order valence-corrected chi connectivity index (χ0v) is 23.5. The van der Waals surface area contributed by atoms with Crippen LogP contribution in [-0.2, 0) is 16.0 Å². The quantitative estimate of drug-likeness (QED) is 0.199. The minimum atomic E-state index is -0.448. The van der Waals surface area contributed by atoms with E-state index >= 15 is 0 Å². The number of benzene rings is 3. The molecule has 0 N–H and O–H groups in total. The summed E-state index contributed by atoms with van der Waals surface area (Å²) < 4.78 is 11.7. The fourth-order valence-corrected chi connectivity index (χ4v) is 5.35. The Kier molecular flexibility index (Phi) is 8.79. The molecule has 1 aliphatic heterocycles. The van der Waals surface area contributed by atoms with Crippen LogP contribution in [0.2, 0.25) is 0 Å². The minimum absolute atomic E-state index is 0.103. The molecule has 41 heavy (non-hydrogen) atoms. The molecule has 0 radical (unpaired) electrons. The zero-order valence-electron chi connectivity index (χ0n) is 23.5. The maximum atomic E-state index is 14.2. The monoisotopic (exact) mass is 553 g/mol. The van der Waals surface area contributed by atoms with E-state index in [0.717, 1.165) is 31.5 Å². The molecule has 1 amide bonds. The number of aromatic nitrogens is 1. The van der Waals surface area contributed by atoms with Gasteiger partial charge in [-0.2, -0.15) is 0 Å². The lowest BCUT2D eigenvalue weighted by Gasteiger charge is -2.42. The van der Waals surface area contributed by atoms with E-state index in [1.807, 2.05) is 54.3 Å². The number of piperazine rings is 1. The fourth-order valence-electron chi connectivity index (χ4n) is 5.35. The number of nitrogens with zero attached hydrogens (tertiary/aromatic N) is 3. The van der Waals surface area contributed by atoms with Crippen LogP contribution in [0.4, 0.5) is 4.79 Å². The van der Waals surface area contributed by atoms with Crippen LogP contribution in [0.3, 0.4) is 0 Å². The number of amides is 1. The molecule has 1 aromatic heterocycles. The molecule has 8 nitrogen and oxygen atoms in total. The highest BCUT2D eigenvalue weighted by Crippen LogP contribution is 2.31. The van der Waals surface area contributed by atoms with Gasteiger partial charge in [-0.15, -0.1) is 0 Å². The highest BCUT2D eigenvalue weighted by atomic mass is 16.5. The summed E-state index contributed by atoms with van der Waals surface area (Å²) in [5.41, 5.74) is 3.79. The number of hydrogen-bond acceptors (Lipinski definition) is 6. The number of rotatable bonds is 8. The first kappa shape index (κ1) is 28.1. The lowest BCUT2D eigenvalue weighted by molar-refractivity contribution is 0.0435. The topological polar surface area (TPSA) is 81.1 Å². The third-order valence-electron chi connectivity index (χ3n) is 7.57. The summed E-state index contributed by atoms with van der Waals surface area (Å²) in [6.07, 6.45) is 2.95. The van der Waals surface area contributed by atoms with Gasteiger partial charge in [0.1, 0.15) is 0 Å². The van der Waals surface area contributed by atoms with E-state index < -0.39 is 12.1 Å². The standard InChI is InChI=1S/C33H35N3O5/c1-3-4-21-41-33(39)36-18-17-27-28(11-8-12-29(27)36)31(37)35-20-19-34(22-24-9-6-5-7-10-24)23-30(35)25-13-15-26(16-14-25)32(38)40-2/h5-18,30H,3-4,19-23H2,1-2H3. The van der Waals surface area contributed by atoms with E-state index in [4.69, 9.17) is 9.47 Å². The van der Waals surface area contributed by atoms with Crippen LogP contribution in [0.25, 0.3) is 10.9 Å². The van der Waals surface area contributed by atoms with E-state index in [0.29, 0.717) is 41.7 Å². The summed E-state index contributed by atoms with van der Waals surface area (Å²) in [5.74, 6) is -0.502. The van der Waals surface area contributed by atoms with Gasteiger partial charge < -0.3 is 14.4 Å². The molecule has 1 unspecified atom stereocenters. The molecule has 0 bridgehead atoms. The molecule has 4 aromatic rings. The van der Waals surface area contributed by atoms with Crippen molar-refractivity contribution >= 4 is 28.9 Å². The maximum Gasteiger partial charge on any atom is 0.418 e. The highest BCUT2D eigenvalue weighted by molar-refractivity contribution is 6.08. The molecule has 1 saturated heterocycles. The van der Waals surface area contributed by atoms with Crippen molar-refractivity contribution in [2.24, 2.45) is 0 Å². The second kappa shape index (κ2) is 12.8. The van der Waals surface area contributed by atoms with E-state index in [1.165, 1.54) is 17.2 Å². The summed E-state index contributed by atoms with van der Waals surface area (Å²) in [4.78, 5) is 43.2. The number of unbranched alkanes of at least 4 members (excludes halogenated alkanes) is 1. The molecule has 2 heterocycles. The summed E-state index contributed by atoms with van der Waals surface area (Å²) in [5, 5.41) is 0.705. The molecule has 8 heteroatoms. The van der Waals surface area contributed by atoms with E-state index in [1.54, 1.807) is 30.5 Å². The molecule has 3 aromatic carbocycles. The number of fused-ring (bicyclic) bond motifs is 1. The molecule has 212 valence electrons. The number of methoxy groups -OCH3 is 1. The van der Waals surface area contributed by atoms with Crippen molar-refractivity contribution in [1.29, 1.82) is 0 Å². The van der Waals surface area contributed by atoms with Gasteiger partial charge in [-0.25, -0.2) is 9.59 Å². The Hall–Kier alpha value is -4.43. The third kappa shape index (κ3) is 6.18. The first-order valence-corrected chi connectivity index (χ1v) is 14.0. The number of carbonyl (C=O) groups is 3.